The largest absolute Gasteiger partial charge is 0.417 e. The number of carbonyl (C=O) groups is 1. The Labute approximate surface area is 182 Å². The van der Waals surface area contributed by atoms with Crippen LogP contribution in [-0.4, -0.2) is 48.5 Å². The number of benzene rings is 1. The van der Waals surface area contributed by atoms with Gasteiger partial charge >= 0.3 is 6.18 Å². The minimum atomic E-state index is -4.49. The van der Waals surface area contributed by atoms with E-state index in [0.717, 1.165) is 24.2 Å². The molecule has 30 heavy (non-hydrogen) atoms. The van der Waals surface area contributed by atoms with Crippen molar-refractivity contribution in [3.8, 4) is 0 Å². The lowest BCUT2D eigenvalue weighted by Gasteiger charge is -2.24. The number of nitrogens with one attached hydrogen (secondary N) is 1. The van der Waals surface area contributed by atoms with Gasteiger partial charge in [-0.2, -0.15) is 13.2 Å². The first-order valence-electron chi connectivity index (χ1n) is 9.40. The van der Waals surface area contributed by atoms with Gasteiger partial charge in [0.2, 0.25) is 5.91 Å². The third-order valence-corrected chi connectivity index (χ3v) is 5.63. The van der Waals surface area contributed by atoms with Gasteiger partial charge in [-0.15, -0.1) is 0 Å². The van der Waals surface area contributed by atoms with E-state index >= 15 is 0 Å². The van der Waals surface area contributed by atoms with Gasteiger partial charge < -0.3 is 10.2 Å². The Kier molecular flexibility index (Phi) is 7.10. The van der Waals surface area contributed by atoms with Gasteiger partial charge in [0, 0.05) is 43.1 Å². The van der Waals surface area contributed by atoms with Crippen molar-refractivity contribution in [2.24, 2.45) is 0 Å². The molecule has 1 aliphatic rings. The molecule has 0 radical (unpaired) electrons. The number of anilines is 2. The van der Waals surface area contributed by atoms with Crippen LogP contribution in [0.5, 0.6) is 0 Å². The molecule has 0 bridgehead atoms. The summed E-state index contributed by atoms with van der Waals surface area (Å²) in [6.07, 6.45) is -2.97. The third kappa shape index (κ3) is 5.56. The number of aromatic nitrogens is 1. The molecular formula is C20H21Cl2F3N4O. The highest BCUT2D eigenvalue weighted by atomic mass is 35.5. The van der Waals surface area contributed by atoms with Crippen molar-refractivity contribution in [1.82, 2.24) is 9.88 Å². The molecule has 0 atom stereocenters. The summed E-state index contributed by atoms with van der Waals surface area (Å²) in [4.78, 5) is 20.2. The van der Waals surface area contributed by atoms with Crippen molar-refractivity contribution in [2.75, 3.05) is 42.9 Å². The van der Waals surface area contributed by atoms with Crippen molar-refractivity contribution >= 4 is 40.6 Å². The molecule has 162 valence electrons. The maximum Gasteiger partial charge on any atom is 0.417 e. The van der Waals surface area contributed by atoms with E-state index in [1.165, 1.54) is 0 Å². The molecule has 1 fully saturated rings. The topological polar surface area (TPSA) is 48.5 Å². The van der Waals surface area contributed by atoms with Gasteiger partial charge in [-0.3, -0.25) is 9.69 Å². The number of amides is 1. The Morgan fingerprint density at radius 2 is 1.93 bits per heavy atom. The minimum absolute atomic E-state index is 0.0348. The van der Waals surface area contributed by atoms with Crippen LogP contribution in [0, 0.1) is 6.92 Å². The fourth-order valence-corrected chi connectivity index (χ4v) is 3.76. The minimum Gasteiger partial charge on any atom is -0.354 e. The van der Waals surface area contributed by atoms with E-state index in [1.807, 2.05) is 16.7 Å². The highest BCUT2D eigenvalue weighted by Gasteiger charge is 2.32. The number of halogens is 5. The zero-order chi connectivity index (χ0) is 21.9. The summed E-state index contributed by atoms with van der Waals surface area (Å²) in [5, 5.41) is 3.42. The average molecular weight is 461 g/mol. The third-order valence-electron chi connectivity index (χ3n) is 4.95. The van der Waals surface area contributed by atoms with Crippen molar-refractivity contribution in [3.63, 3.8) is 0 Å². The highest BCUT2D eigenvalue weighted by molar-refractivity contribution is 6.33. The SMILES string of the molecule is Cc1c(Cl)cccc1NC(=O)CN1CCCN(c2ncc(C(F)(F)F)cc2Cl)CC1. The van der Waals surface area contributed by atoms with Crippen LogP contribution in [0.15, 0.2) is 30.5 Å². The monoisotopic (exact) mass is 460 g/mol. The maximum absolute atomic E-state index is 12.8. The molecule has 5 nitrogen and oxygen atoms in total. The van der Waals surface area contributed by atoms with Gasteiger partial charge in [-0.25, -0.2) is 4.98 Å². The van der Waals surface area contributed by atoms with E-state index < -0.39 is 11.7 Å². The second kappa shape index (κ2) is 9.41. The normalized spacial score (nSPS) is 15.7. The average Bonchev–Trinajstić information content (AvgIpc) is 2.90. The first-order valence-corrected chi connectivity index (χ1v) is 10.2. The van der Waals surface area contributed by atoms with Crippen LogP contribution < -0.4 is 10.2 Å². The second-order valence-corrected chi connectivity index (χ2v) is 7.92. The van der Waals surface area contributed by atoms with Crippen molar-refractivity contribution in [2.45, 2.75) is 19.5 Å². The van der Waals surface area contributed by atoms with Crippen LogP contribution in [0.2, 0.25) is 10.0 Å². The lowest BCUT2D eigenvalue weighted by Crippen LogP contribution is -2.36. The first-order chi connectivity index (χ1) is 14.1. The number of hydrogen-bond donors (Lipinski definition) is 1. The van der Waals surface area contributed by atoms with Gasteiger partial charge in [0.1, 0.15) is 5.82 Å². The summed E-state index contributed by atoms with van der Waals surface area (Å²) in [5.41, 5.74) is 0.600. The van der Waals surface area contributed by atoms with E-state index in [9.17, 15) is 18.0 Å². The van der Waals surface area contributed by atoms with Gasteiger partial charge in [0.05, 0.1) is 17.1 Å². The standard InChI is InChI=1S/C20H21Cl2F3N4O/c1-13-15(21)4-2-5-17(13)27-18(30)12-28-6-3-7-29(9-8-28)19-16(22)10-14(11-26-19)20(23,24)25/h2,4-5,10-11H,3,6-9,12H2,1H3,(H,27,30). The van der Waals surface area contributed by atoms with E-state index in [2.05, 4.69) is 10.3 Å². The number of carbonyl (C=O) groups excluding carboxylic acids is 1. The van der Waals surface area contributed by atoms with E-state index in [-0.39, 0.29) is 17.5 Å². The summed E-state index contributed by atoms with van der Waals surface area (Å²) in [6, 6.07) is 6.22. The van der Waals surface area contributed by atoms with Gasteiger partial charge in [0.25, 0.3) is 0 Å². The highest BCUT2D eigenvalue weighted by Crippen LogP contribution is 2.33. The Morgan fingerprint density at radius 3 is 2.63 bits per heavy atom. The van der Waals surface area contributed by atoms with Crippen LogP contribution >= 0.6 is 23.2 Å². The second-order valence-electron chi connectivity index (χ2n) is 7.10. The van der Waals surface area contributed by atoms with Crippen LogP contribution in [0.4, 0.5) is 24.7 Å². The van der Waals surface area contributed by atoms with Gasteiger partial charge in [-0.05, 0) is 37.1 Å². The molecule has 0 spiro atoms. The van der Waals surface area contributed by atoms with Crippen LogP contribution in [0.1, 0.15) is 17.5 Å². The molecule has 0 saturated carbocycles. The molecule has 1 aromatic heterocycles. The van der Waals surface area contributed by atoms with Crippen LogP contribution in [0.25, 0.3) is 0 Å². The van der Waals surface area contributed by atoms with E-state index in [4.69, 9.17) is 23.2 Å². The number of hydrogen-bond acceptors (Lipinski definition) is 4. The van der Waals surface area contributed by atoms with E-state index in [0.29, 0.717) is 42.7 Å². The fraction of sp³-hybridized carbons (Fsp3) is 0.400. The molecule has 1 amide bonds. The maximum atomic E-state index is 12.8. The Morgan fingerprint density at radius 1 is 1.17 bits per heavy atom. The molecule has 0 unspecified atom stereocenters. The molecule has 0 aliphatic carbocycles. The molecule has 2 aromatic rings. The summed E-state index contributed by atoms with van der Waals surface area (Å²) < 4.78 is 38.5. The quantitative estimate of drug-likeness (QED) is 0.707. The molecule has 10 heteroatoms. The van der Waals surface area contributed by atoms with Crippen LogP contribution in [0.3, 0.4) is 0 Å². The summed E-state index contributed by atoms with van der Waals surface area (Å²) >= 11 is 12.2. The van der Waals surface area contributed by atoms with Gasteiger partial charge in [0.15, 0.2) is 0 Å². The number of alkyl halides is 3. The van der Waals surface area contributed by atoms with Crippen molar-refractivity contribution in [1.29, 1.82) is 0 Å². The molecule has 1 aromatic carbocycles. The number of pyridine rings is 1. The lowest BCUT2D eigenvalue weighted by molar-refractivity contribution is -0.137. The van der Waals surface area contributed by atoms with Crippen LogP contribution in [-0.2, 0) is 11.0 Å². The zero-order valence-electron chi connectivity index (χ0n) is 16.3. The predicted molar refractivity (Wildman–Crippen MR) is 112 cm³/mol. The van der Waals surface area contributed by atoms with Gasteiger partial charge in [-0.1, -0.05) is 29.3 Å². The molecule has 1 N–H and O–H groups in total. The van der Waals surface area contributed by atoms with Crippen molar-refractivity contribution < 1.29 is 18.0 Å². The molecule has 2 heterocycles. The Bertz CT molecular complexity index is 923. The van der Waals surface area contributed by atoms with Crippen molar-refractivity contribution in [3.05, 3.63) is 51.6 Å². The first kappa shape index (κ1) is 22.7. The smallest absolute Gasteiger partial charge is 0.354 e. The summed E-state index contributed by atoms with van der Waals surface area (Å²) in [5.74, 6) is 0.171. The zero-order valence-corrected chi connectivity index (χ0v) is 17.8. The summed E-state index contributed by atoms with van der Waals surface area (Å²) in [7, 11) is 0. The van der Waals surface area contributed by atoms with E-state index in [1.54, 1.807) is 18.2 Å². The molecule has 1 aliphatic heterocycles. The lowest BCUT2D eigenvalue weighted by atomic mass is 10.2. The number of rotatable bonds is 4. The molecule has 1 saturated heterocycles. The molecule has 3 rings (SSSR count). The Hall–Kier alpha value is -2.03. The number of nitrogens with zero attached hydrogens (tertiary/aromatic N) is 3. The predicted octanol–water partition coefficient (Wildman–Crippen LogP) is 4.87. The Balaban J connectivity index is 1.60. The summed E-state index contributed by atoms with van der Waals surface area (Å²) in [6.45, 7) is 4.36. The fourth-order valence-electron chi connectivity index (χ4n) is 3.29. The molecular weight excluding hydrogens is 440 g/mol.